The van der Waals surface area contributed by atoms with E-state index in [4.69, 9.17) is 4.74 Å². The van der Waals surface area contributed by atoms with E-state index in [1.807, 2.05) is 24.4 Å². The van der Waals surface area contributed by atoms with Crippen LogP contribution in [0.25, 0.3) is 10.9 Å². The van der Waals surface area contributed by atoms with Crippen LogP contribution in [0.2, 0.25) is 0 Å². The third-order valence-corrected chi connectivity index (χ3v) is 6.21. The SMILES string of the molecule is CCOC(=O)Cn1ccc2cc(NC(=O)N3C[C@@H]4CCC[C@@]4(C(=O)O)C3)ccc21. The number of hydrogen-bond acceptors (Lipinski definition) is 4. The van der Waals surface area contributed by atoms with Crippen LogP contribution in [0.4, 0.5) is 10.5 Å². The summed E-state index contributed by atoms with van der Waals surface area (Å²) in [7, 11) is 0. The molecule has 154 valence electrons. The molecule has 1 aromatic carbocycles. The molecule has 4 rings (SSSR count). The number of aromatic nitrogens is 1. The van der Waals surface area contributed by atoms with E-state index in [-0.39, 0.29) is 31.0 Å². The van der Waals surface area contributed by atoms with Gasteiger partial charge in [-0.2, -0.15) is 0 Å². The van der Waals surface area contributed by atoms with E-state index in [9.17, 15) is 19.5 Å². The zero-order valence-corrected chi connectivity index (χ0v) is 16.4. The molecule has 8 heteroatoms. The fraction of sp³-hybridized carbons (Fsp3) is 0.476. The number of nitrogens with zero attached hydrogens (tertiary/aromatic N) is 2. The van der Waals surface area contributed by atoms with Crippen LogP contribution in [-0.2, 0) is 20.9 Å². The predicted molar refractivity (Wildman–Crippen MR) is 107 cm³/mol. The maximum Gasteiger partial charge on any atom is 0.325 e. The first-order valence-corrected chi connectivity index (χ1v) is 9.97. The normalized spacial score (nSPS) is 23.2. The lowest BCUT2D eigenvalue weighted by Gasteiger charge is -2.23. The van der Waals surface area contributed by atoms with Crippen molar-refractivity contribution in [2.24, 2.45) is 11.3 Å². The third-order valence-electron chi connectivity index (χ3n) is 6.21. The van der Waals surface area contributed by atoms with E-state index in [1.165, 1.54) is 0 Å². The van der Waals surface area contributed by atoms with Gasteiger partial charge in [-0.15, -0.1) is 0 Å². The van der Waals surface area contributed by atoms with E-state index >= 15 is 0 Å². The van der Waals surface area contributed by atoms with Gasteiger partial charge in [0.2, 0.25) is 0 Å². The van der Waals surface area contributed by atoms with E-state index in [2.05, 4.69) is 5.32 Å². The van der Waals surface area contributed by atoms with Gasteiger partial charge in [0.15, 0.2) is 0 Å². The summed E-state index contributed by atoms with van der Waals surface area (Å²) >= 11 is 0. The number of benzene rings is 1. The summed E-state index contributed by atoms with van der Waals surface area (Å²) < 4.78 is 6.79. The molecule has 0 spiro atoms. The van der Waals surface area contributed by atoms with Gasteiger partial charge in [-0.25, -0.2) is 4.79 Å². The molecule has 2 aromatic rings. The molecule has 1 aliphatic heterocycles. The van der Waals surface area contributed by atoms with Crippen molar-refractivity contribution in [2.75, 3.05) is 25.0 Å². The van der Waals surface area contributed by atoms with Crippen molar-refractivity contribution < 1.29 is 24.2 Å². The number of fused-ring (bicyclic) bond motifs is 2. The minimum absolute atomic E-state index is 0.0325. The van der Waals surface area contributed by atoms with Crippen LogP contribution in [-0.4, -0.2) is 52.2 Å². The van der Waals surface area contributed by atoms with Crippen LogP contribution >= 0.6 is 0 Å². The molecule has 2 heterocycles. The number of ether oxygens (including phenoxy) is 1. The fourth-order valence-corrected chi connectivity index (χ4v) is 4.76. The van der Waals surface area contributed by atoms with Crippen molar-refractivity contribution in [3.05, 3.63) is 30.5 Å². The van der Waals surface area contributed by atoms with Gasteiger partial charge < -0.3 is 24.6 Å². The molecule has 1 saturated heterocycles. The zero-order valence-electron chi connectivity index (χ0n) is 16.4. The first-order valence-electron chi connectivity index (χ1n) is 9.97. The Morgan fingerprint density at radius 1 is 1.31 bits per heavy atom. The summed E-state index contributed by atoms with van der Waals surface area (Å²) in [6, 6.07) is 7.08. The zero-order chi connectivity index (χ0) is 20.6. The Balaban J connectivity index is 1.45. The summed E-state index contributed by atoms with van der Waals surface area (Å²) in [4.78, 5) is 37.9. The number of aliphatic carboxylic acids is 1. The fourth-order valence-electron chi connectivity index (χ4n) is 4.76. The molecule has 2 amide bonds. The molecule has 0 bridgehead atoms. The van der Waals surface area contributed by atoms with Crippen LogP contribution in [0.1, 0.15) is 26.2 Å². The number of nitrogens with one attached hydrogen (secondary N) is 1. The monoisotopic (exact) mass is 399 g/mol. The molecule has 1 saturated carbocycles. The topological polar surface area (TPSA) is 101 Å². The predicted octanol–water partition coefficient (Wildman–Crippen LogP) is 2.92. The molecular formula is C21H25N3O5. The first-order chi connectivity index (χ1) is 13.9. The smallest absolute Gasteiger partial charge is 0.325 e. The highest BCUT2D eigenvalue weighted by atomic mass is 16.5. The third kappa shape index (κ3) is 3.43. The largest absolute Gasteiger partial charge is 0.481 e. The Hall–Kier alpha value is -3.03. The number of urea groups is 1. The minimum Gasteiger partial charge on any atom is -0.481 e. The summed E-state index contributed by atoms with van der Waals surface area (Å²) in [5.41, 5.74) is 0.723. The van der Waals surface area contributed by atoms with Crippen molar-refractivity contribution in [3.63, 3.8) is 0 Å². The molecule has 29 heavy (non-hydrogen) atoms. The summed E-state index contributed by atoms with van der Waals surface area (Å²) in [5, 5.41) is 13.5. The second-order valence-electron chi connectivity index (χ2n) is 7.88. The number of anilines is 1. The lowest BCUT2D eigenvalue weighted by molar-refractivity contribution is -0.149. The molecule has 0 unspecified atom stereocenters. The number of carboxylic acid groups (broad SMARTS) is 1. The summed E-state index contributed by atoms with van der Waals surface area (Å²) in [5.74, 6) is -1.06. The van der Waals surface area contributed by atoms with Crippen molar-refractivity contribution in [1.82, 2.24) is 9.47 Å². The standard InChI is InChI=1S/C21H25N3O5/c1-2-29-18(25)12-23-9-7-14-10-16(5-6-17(14)23)22-20(28)24-11-15-4-3-8-21(15,13-24)19(26)27/h5-7,9-10,15H,2-4,8,11-13H2,1H3,(H,22,28)(H,26,27)/t15-,21+/m0/s1. The van der Waals surface area contributed by atoms with Gasteiger partial charge in [0, 0.05) is 35.9 Å². The van der Waals surface area contributed by atoms with Crippen molar-refractivity contribution >= 4 is 34.6 Å². The molecule has 8 nitrogen and oxygen atoms in total. The maximum absolute atomic E-state index is 12.7. The lowest BCUT2D eigenvalue weighted by Crippen LogP contribution is -2.38. The van der Waals surface area contributed by atoms with E-state index in [0.717, 1.165) is 23.7 Å². The van der Waals surface area contributed by atoms with Crippen LogP contribution in [0.3, 0.4) is 0 Å². The molecule has 1 aliphatic carbocycles. The van der Waals surface area contributed by atoms with Gasteiger partial charge in [-0.3, -0.25) is 9.59 Å². The van der Waals surface area contributed by atoms with Gasteiger partial charge in [0.25, 0.3) is 0 Å². The number of esters is 1. The summed E-state index contributed by atoms with van der Waals surface area (Å²) in [6.07, 6.45) is 4.21. The number of carbonyl (C=O) groups excluding carboxylic acids is 2. The van der Waals surface area contributed by atoms with Crippen molar-refractivity contribution in [1.29, 1.82) is 0 Å². The average molecular weight is 399 g/mol. The Morgan fingerprint density at radius 3 is 2.86 bits per heavy atom. The number of hydrogen-bond donors (Lipinski definition) is 2. The highest BCUT2D eigenvalue weighted by molar-refractivity contribution is 5.94. The Morgan fingerprint density at radius 2 is 2.14 bits per heavy atom. The molecule has 2 atom stereocenters. The van der Waals surface area contributed by atoms with Crippen LogP contribution in [0.15, 0.2) is 30.5 Å². The Bertz CT molecular complexity index is 968. The number of carboxylic acids is 1. The maximum atomic E-state index is 12.7. The molecular weight excluding hydrogens is 374 g/mol. The van der Waals surface area contributed by atoms with E-state index < -0.39 is 11.4 Å². The Kier molecular flexibility index (Phi) is 4.94. The van der Waals surface area contributed by atoms with Crippen LogP contribution in [0.5, 0.6) is 0 Å². The van der Waals surface area contributed by atoms with Gasteiger partial charge in [-0.05, 0) is 49.9 Å². The minimum atomic E-state index is -0.792. The Labute approximate surface area is 168 Å². The van der Waals surface area contributed by atoms with Crippen molar-refractivity contribution in [3.8, 4) is 0 Å². The second kappa shape index (κ2) is 7.42. The number of rotatable bonds is 5. The van der Waals surface area contributed by atoms with E-state index in [0.29, 0.717) is 25.3 Å². The van der Waals surface area contributed by atoms with Gasteiger partial charge >= 0.3 is 18.0 Å². The molecule has 2 N–H and O–H groups in total. The van der Waals surface area contributed by atoms with Gasteiger partial charge in [-0.1, -0.05) is 6.42 Å². The molecule has 2 aliphatic rings. The van der Waals surface area contributed by atoms with E-state index in [1.54, 1.807) is 22.5 Å². The lowest BCUT2D eigenvalue weighted by atomic mass is 9.81. The van der Waals surface area contributed by atoms with Gasteiger partial charge in [0.1, 0.15) is 6.54 Å². The molecule has 2 fully saturated rings. The summed E-state index contributed by atoms with van der Waals surface area (Å²) in [6.45, 7) is 2.99. The highest BCUT2D eigenvalue weighted by Crippen LogP contribution is 2.48. The first kappa shape index (κ1) is 19.3. The van der Waals surface area contributed by atoms with Gasteiger partial charge in [0.05, 0.1) is 12.0 Å². The van der Waals surface area contributed by atoms with Crippen LogP contribution in [0, 0.1) is 11.3 Å². The average Bonchev–Trinajstić information content (AvgIpc) is 3.34. The molecule has 0 radical (unpaired) electrons. The number of likely N-dealkylation sites (tertiary alicyclic amines) is 1. The van der Waals surface area contributed by atoms with Crippen molar-refractivity contribution in [2.45, 2.75) is 32.7 Å². The second-order valence-corrected chi connectivity index (χ2v) is 7.88. The quantitative estimate of drug-likeness (QED) is 0.753. The number of carbonyl (C=O) groups is 3. The highest BCUT2D eigenvalue weighted by Gasteiger charge is 2.55. The number of amides is 2. The molecule has 1 aromatic heterocycles. The van der Waals surface area contributed by atoms with Crippen LogP contribution < -0.4 is 5.32 Å².